The Morgan fingerprint density at radius 1 is 1.27 bits per heavy atom. The van der Waals surface area contributed by atoms with E-state index < -0.39 is 11.7 Å². The van der Waals surface area contributed by atoms with Crippen LogP contribution in [0.25, 0.3) is 6.08 Å². The van der Waals surface area contributed by atoms with E-state index in [0.29, 0.717) is 10.2 Å². The zero-order chi connectivity index (χ0) is 16.1. The first-order valence-electron chi connectivity index (χ1n) is 6.14. The average molecular weight is 380 g/mol. The number of benzene rings is 2. The second-order valence-corrected chi connectivity index (χ2v) is 5.50. The fourth-order valence-electron chi connectivity index (χ4n) is 1.69. The first kappa shape index (κ1) is 16.2. The summed E-state index contributed by atoms with van der Waals surface area (Å²) in [5, 5.41) is 11.8. The van der Waals surface area contributed by atoms with E-state index in [1.807, 2.05) is 0 Å². The summed E-state index contributed by atoms with van der Waals surface area (Å²) < 4.78 is 14.4. The van der Waals surface area contributed by atoms with Gasteiger partial charge in [0.25, 0.3) is 5.91 Å². The highest BCUT2D eigenvalue weighted by Crippen LogP contribution is 2.24. The van der Waals surface area contributed by atoms with Crippen molar-refractivity contribution in [3.63, 3.8) is 0 Å². The number of amides is 1. The fraction of sp³-hybridized carbons (Fsp3) is 0. The Morgan fingerprint density at radius 2 is 2.00 bits per heavy atom. The molecule has 0 atom stereocenters. The van der Waals surface area contributed by atoms with Crippen LogP contribution in [0.4, 0.5) is 10.1 Å². The van der Waals surface area contributed by atoms with Crippen molar-refractivity contribution in [2.75, 3.05) is 5.32 Å². The van der Waals surface area contributed by atoms with Gasteiger partial charge in [0.1, 0.15) is 17.5 Å². The van der Waals surface area contributed by atoms with Crippen LogP contribution >= 0.6 is 27.5 Å². The lowest BCUT2D eigenvalue weighted by Crippen LogP contribution is -2.13. The molecule has 0 radical (unpaired) electrons. The summed E-state index contributed by atoms with van der Waals surface area (Å²) in [6.07, 6.45) is 1.13. The summed E-state index contributed by atoms with van der Waals surface area (Å²) >= 11 is 9.18. The van der Waals surface area contributed by atoms with E-state index in [4.69, 9.17) is 16.9 Å². The van der Waals surface area contributed by atoms with Crippen molar-refractivity contribution in [3.8, 4) is 6.07 Å². The molecule has 0 aromatic heterocycles. The van der Waals surface area contributed by atoms with E-state index in [1.165, 1.54) is 18.2 Å². The number of nitrogens with zero attached hydrogens (tertiary/aromatic N) is 1. The van der Waals surface area contributed by atoms with Gasteiger partial charge in [0.2, 0.25) is 0 Å². The minimum absolute atomic E-state index is 0.00277. The monoisotopic (exact) mass is 378 g/mol. The zero-order valence-corrected chi connectivity index (χ0v) is 13.5. The standard InChI is InChI=1S/C16H9BrClFN2O/c17-12-4-1-2-7-15(12)21-16(22)10(9-20)8-11-13(18)5-3-6-14(11)19/h1-8H,(H,21,22)/b10-8-. The van der Waals surface area contributed by atoms with Gasteiger partial charge in [-0.2, -0.15) is 5.26 Å². The van der Waals surface area contributed by atoms with Gasteiger partial charge in [0, 0.05) is 10.0 Å². The molecule has 0 bridgehead atoms. The van der Waals surface area contributed by atoms with Crippen LogP contribution in [0.2, 0.25) is 5.02 Å². The van der Waals surface area contributed by atoms with Crippen LogP contribution in [-0.2, 0) is 4.79 Å². The van der Waals surface area contributed by atoms with Gasteiger partial charge in [-0.3, -0.25) is 4.79 Å². The van der Waals surface area contributed by atoms with Crippen molar-refractivity contribution >= 4 is 45.2 Å². The minimum Gasteiger partial charge on any atom is -0.320 e. The average Bonchev–Trinajstić information content (AvgIpc) is 2.49. The molecular weight excluding hydrogens is 371 g/mol. The van der Waals surface area contributed by atoms with Crippen LogP contribution in [0.1, 0.15) is 5.56 Å². The Labute approximate surface area is 140 Å². The molecule has 0 aliphatic rings. The molecule has 0 spiro atoms. The van der Waals surface area contributed by atoms with Crippen LogP contribution < -0.4 is 5.32 Å². The number of rotatable bonds is 3. The first-order chi connectivity index (χ1) is 10.5. The fourth-order valence-corrected chi connectivity index (χ4v) is 2.30. The van der Waals surface area contributed by atoms with Gasteiger partial charge in [-0.1, -0.05) is 29.8 Å². The number of nitriles is 1. The quantitative estimate of drug-likeness (QED) is 0.616. The lowest BCUT2D eigenvalue weighted by Gasteiger charge is -2.07. The van der Waals surface area contributed by atoms with Gasteiger partial charge in [0.15, 0.2) is 0 Å². The van der Waals surface area contributed by atoms with Gasteiger partial charge in [0.05, 0.1) is 10.7 Å². The maximum atomic E-state index is 13.7. The van der Waals surface area contributed by atoms with Crippen molar-refractivity contribution in [1.82, 2.24) is 0 Å². The molecule has 0 saturated heterocycles. The van der Waals surface area contributed by atoms with Gasteiger partial charge in [-0.25, -0.2) is 4.39 Å². The molecule has 2 aromatic carbocycles. The number of halogens is 3. The van der Waals surface area contributed by atoms with Crippen molar-refractivity contribution < 1.29 is 9.18 Å². The molecule has 6 heteroatoms. The van der Waals surface area contributed by atoms with Gasteiger partial charge in [-0.15, -0.1) is 0 Å². The number of hydrogen-bond acceptors (Lipinski definition) is 2. The maximum Gasteiger partial charge on any atom is 0.266 e. The molecule has 22 heavy (non-hydrogen) atoms. The van der Waals surface area contributed by atoms with E-state index in [2.05, 4.69) is 21.2 Å². The molecule has 110 valence electrons. The lowest BCUT2D eigenvalue weighted by molar-refractivity contribution is -0.112. The van der Waals surface area contributed by atoms with Crippen LogP contribution in [0.15, 0.2) is 52.5 Å². The highest BCUT2D eigenvalue weighted by atomic mass is 79.9. The summed E-state index contributed by atoms with van der Waals surface area (Å²) in [4.78, 5) is 12.1. The van der Waals surface area contributed by atoms with Crippen LogP contribution in [0.5, 0.6) is 0 Å². The Bertz CT molecular complexity index is 779. The molecule has 0 fully saturated rings. The second-order valence-electron chi connectivity index (χ2n) is 4.24. The van der Waals surface area contributed by atoms with Gasteiger partial charge >= 0.3 is 0 Å². The third-order valence-electron chi connectivity index (χ3n) is 2.78. The summed E-state index contributed by atoms with van der Waals surface area (Å²) in [7, 11) is 0. The number of anilines is 1. The van der Waals surface area contributed by atoms with Crippen molar-refractivity contribution in [3.05, 3.63) is 68.9 Å². The summed E-state index contributed by atoms with van der Waals surface area (Å²) in [5.74, 6) is -1.25. The Hall–Kier alpha value is -2.16. The predicted molar refractivity (Wildman–Crippen MR) is 87.8 cm³/mol. The van der Waals surface area contributed by atoms with Crippen molar-refractivity contribution in [1.29, 1.82) is 5.26 Å². The number of para-hydroxylation sites is 1. The molecule has 3 nitrogen and oxygen atoms in total. The van der Waals surface area contributed by atoms with E-state index in [1.54, 1.807) is 30.3 Å². The molecule has 1 N–H and O–H groups in total. The number of nitrogens with one attached hydrogen (secondary N) is 1. The minimum atomic E-state index is -0.645. The van der Waals surface area contributed by atoms with Crippen LogP contribution in [0, 0.1) is 17.1 Å². The van der Waals surface area contributed by atoms with Crippen LogP contribution in [-0.4, -0.2) is 5.91 Å². The molecule has 2 aromatic rings. The Balaban J connectivity index is 2.33. The second kappa shape index (κ2) is 7.21. The normalized spacial score (nSPS) is 10.9. The highest BCUT2D eigenvalue weighted by Gasteiger charge is 2.13. The molecule has 0 unspecified atom stereocenters. The predicted octanol–water partition coefficient (Wildman–Crippen LogP) is 4.79. The zero-order valence-electron chi connectivity index (χ0n) is 11.1. The Morgan fingerprint density at radius 3 is 2.64 bits per heavy atom. The Kier molecular flexibility index (Phi) is 5.31. The smallest absolute Gasteiger partial charge is 0.266 e. The first-order valence-corrected chi connectivity index (χ1v) is 7.31. The van der Waals surface area contributed by atoms with E-state index in [0.717, 1.165) is 6.08 Å². The molecular formula is C16H9BrClFN2O. The number of carbonyl (C=O) groups is 1. The lowest BCUT2D eigenvalue weighted by atomic mass is 10.1. The number of hydrogen-bond donors (Lipinski definition) is 1. The summed E-state index contributed by atoms with van der Waals surface area (Å²) in [6.45, 7) is 0. The van der Waals surface area contributed by atoms with Gasteiger partial charge in [-0.05, 0) is 46.3 Å². The van der Waals surface area contributed by atoms with E-state index >= 15 is 0 Å². The topological polar surface area (TPSA) is 52.9 Å². The highest BCUT2D eigenvalue weighted by molar-refractivity contribution is 9.10. The van der Waals surface area contributed by atoms with Crippen LogP contribution in [0.3, 0.4) is 0 Å². The molecule has 1 amide bonds. The third-order valence-corrected chi connectivity index (χ3v) is 3.80. The molecule has 0 heterocycles. The summed E-state index contributed by atoms with van der Waals surface area (Å²) in [5.41, 5.74) is 0.263. The van der Waals surface area contributed by atoms with Crippen molar-refractivity contribution in [2.24, 2.45) is 0 Å². The summed E-state index contributed by atoms with van der Waals surface area (Å²) in [6, 6.07) is 12.8. The molecule has 2 rings (SSSR count). The molecule has 0 aliphatic heterocycles. The largest absolute Gasteiger partial charge is 0.320 e. The maximum absolute atomic E-state index is 13.7. The SMILES string of the molecule is N#C/C(=C/c1c(F)cccc1Cl)C(=O)Nc1ccccc1Br. The molecule has 0 aliphatic carbocycles. The number of carbonyl (C=O) groups excluding carboxylic acids is 1. The van der Waals surface area contributed by atoms with E-state index in [-0.39, 0.29) is 16.2 Å². The third kappa shape index (κ3) is 3.73. The van der Waals surface area contributed by atoms with E-state index in [9.17, 15) is 9.18 Å². The van der Waals surface area contributed by atoms with Crippen molar-refractivity contribution in [2.45, 2.75) is 0 Å². The molecule has 0 saturated carbocycles. The van der Waals surface area contributed by atoms with Gasteiger partial charge < -0.3 is 5.32 Å².